The zero-order chi connectivity index (χ0) is 10.6. The number of aryl methyl sites for hydroxylation is 1. The molecule has 2 N–H and O–H groups in total. The zero-order valence-corrected chi connectivity index (χ0v) is 10.1. The second-order valence-corrected chi connectivity index (χ2v) is 3.65. The number of carbonyl (C=O) groups excluding carboxylic acids is 1. The van der Waals surface area contributed by atoms with Crippen molar-refractivity contribution in [2.75, 3.05) is 6.54 Å². The molecule has 0 saturated heterocycles. The minimum Gasteiger partial charge on any atom is -0.341 e. The van der Waals surface area contributed by atoms with Gasteiger partial charge in [-0.1, -0.05) is 5.92 Å². The minimum absolute atomic E-state index is 0.136. The molecule has 0 aliphatic heterocycles. The number of rotatable bonds is 2. The molecule has 14 heavy (non-hydrogen) atoms. The van der Waals surface area contributed by atoms with Gasteiger partial charge in [-0.05, 0) is 36.4 Å². The van der Waals surface area contributed by atoms with E-state index in [0.717, 1.165) is 5.69 Å². The number of amides is 1. The number of H-pyrrole nitrogens is 1. The molecule has 0 fully saturated rings. The van der Waals surface area contributed by atoms with E-state index in [1.807, 2.05) is 29.5 Å². The van der Waals surface area contributed by atoms with Crippen LogP contribution in [-0.2, 0) is 0 Å². The van der Waals surface area contributed by atoms with Gasteiger partial charge in [-0.3, -0.25) is 9.89 Å². The molecular formula is C9H10IN3O. The van der Waals surface area contributed by atoms with E-state index in [0.29, 0.717) is 15.8 Å². The topological polar surface area (TPSA) is 57.8 Å². The van der Waals surface area contributed by atoms with Crippen LogP contribution in [0.4, 0.5) is 0 Å². The molecule has 0 aliphatic rings. The SMILES string of the molecule is CC#CCNC(=O)c1c(I)n[nH]c1C. The van der Waals surface area contributed by atoms with E-state index < -0.39 is 0 Å². The van der Waals surface area contributed by atoms with Crippen molar-refractivity contribution in [1.82, 2.24) is 15.5 Å². The lowest BCUT2D eigenvalue weighted by Gasteiger charge is -1.99. The molecule has 1 heterocycles. The first kappa shape index (κ1) is 11.0. The van der Waals surface area contributed by atoms with E-state index in [1.54, 1.807) is 6.92 Å². The molecule has 1 aromatic heterocycles. The van der Waals surface area contributed by atoms with Crippen molar-refractivity contribution in [2.24, 2.45) is 0 Å². The fourth-order valence-electron chi connectivity index (χ4n) is 0.965. The molecule has 5 heteroatoms. The highest BCUT2D eigenvalue weighted by atomic mass is 127. The number of halogens is 1. The lowest BCUT2D eigenvalue weighted by Crippen LogP contribution is -2.24. The van der Waals surface area contributed by atoms with Gasteiger partial charge in [-0.25, -0.2) is 0 Å². The summed E-state index contributed by atoms with van der Waals surface area (Å²) in [6, 6.07) is 0. The molecule has 0 unspecified atom stereocenters. The fraction of sp³-hybridized carbons (Fsp3) is 0.333. The van der Waals surface area contributed by atoms with E-state index in [4.69, 9.17) is 0 Å². The molecule has 0 aliphatic carbocycles. The zero-order valence-electron chi connectivity index (χ0n) is 7.94. The van der Waals surface area contributed by atoms with Crippen LogP contribution < -0.4 is 5.32 Å². The van der Waals surface area contributed by atoms with Gasteiger partial charge in [0.25, 0.3) is 5.91 Å². The number of carbonyl (C=O) groups is 1. The Labute approximate surface area is 96.0 Å². The first-order valence-corrected chi connectivity index (χ1v) is 5.13. The van der Waals surface area contributed by atoms with Crippen molar-refractivity contribution in [1.29, 1.82) is 0 Å². The van der Waals surface area contributed by atoms with Crippen molar-refractivity contribution < 1.29 is 4.79 Å². The quantitative estimate of drug-likeness (QED) is 0.634. The third kappa shape index (κ3) is 2.48. The van der Waals surface area contributed by atoms with E-state index in [-0.39, 0.29) is 5.91 Å². The van der Waals surface area contributed by atoms with Gasteiger partial charge in [-0.15, -0.1) is 5.92 Å². The largest absolute Gasteiger partial charge is 0.341 e. The van der Waals surface area contributed by atoms with Crippen LogP contribution >= 0.6 is 22.6 Å². The van der Waals surface area contributed by atoms with Gasteiger partial charge in [0.1, 0.15) is 3.70 Å². The van der Waals surface area contributed by atoms with Crippen LogP contribution in [0.3, 0.4) is 0 Å². The van der Waals surface area contributed by atoms with Crippen molar-refractivity contribution in [2.45, 2.75) is 13.8 Å². The molecule has 0 atom stereocenters. The Morgan fingerprint density at radius 3 is 2.93 bits per heavy atom. The van der Waals surface area contributed by atoms with Crippen LogP contribution in [0, 0.1) is 22.5 Å². The van der Waals surface area contributed by atoms with Crippen molar-refractivity contribution in [3.63, 3.8) is 0 Å². The summed E-state index contributed by atoms with van der Waals surface area (Å²) in [5.74, 6) is 5.34. The number of hydrogen-bond acceptors (Lipinski definition) is 2. The molecule has 74 valence electrons. The number of aromatic amines is 1. The number of nitrogens with one attached hydrogen (secondary N) is 2. The van der Waals surface area contributed by atoms with Crippen molar-refractivity contribution in [3.8, 4) is 11.8 Å². The van der Waals surface area contributed by atoms with E-state index >= 15 is 0 Å². The Morgan fingerprint density at radius 2 is 2.43 bits per heavy atom. The monoisotopic (exact) mass is 303 g/mol. The summed E-state index contributed by atoms with van der Waals surface area (Å²) in [5, 5.41) is 9.37. The molecule has 0 aromatic carbocycles. The predicted molar refractivity (Wildman–Crippen MR) is 61.8 cm³/mol. The van der Waals surface area contributed by atoms with Gasteiger partial charge in [0.05, 0.1) is 12.1 Å². The summed E-state index contributed by atoms with van der Waals surface area (Å²) >= 11 is 2.02. The van der Waals surface area contributed by atoms with E-state index in [2.05, 4.69) is 27.4 Å². The predicted octanol–water partition coefficient (Wildman–Crippen LogP) is 1.08. The Morgan fingerprint density at radius 1 is 1.71 bits per heavy atom. The minimum atomic E-state index is -0.136. The fourth-order valence-corrected chi connectivity index (χ4v) is 1.73. The van der Waals surface area contributed by atoms with Gasteiger partial charge >= 0.3 is 0 Å². The summed E-state index contributed by atoms with van der Waals surface area (Å²) < 4.78 is 0.682. The third-order valence-electron chi connectivity index (χ3n) is 1.64. The van der Waals surface area contributed by atoms with E-state index in [9.17, 15) is 4.79 Å². The Bertz CT molecular complexity index is 380. The summed E-state index contributed by atoms with van der Waals surface area (Å²) in [6.07, 6.45) is 0. The molecule has 0 bridgehead atoms. The molecule has 1 aromatic rings. The smallest absolute Gasteiger partial charge is 0.256 e. The van der Waals surface area contributed by atoms with Gasteiger partial charge in [0.15, 0.2) is 0 Å². The molecule has 4 nitrogen and oxygen atoms in total. The van der Waals surface area contributed by atoms with Crippen LogP contribution in [0.2, 0.25) is 0 Å². The molecular weight excluding hydrogens is 293 g/mol. The maximum absolute atomic E-state index is 11.6. The van der Waals surface area contributed by atoms with Gasteiger partial charge in [0, 0.05) is 5.69 Å². The second kappa shape index (κ2) is 5.00. The van der Waals surface area contributed by atoms with Crippen molar-refractivity contribution >= 4 is 28.5 Å². The average molecular weight is 303 g/mol. The van der Waals surface area contributed by atoms with Crippen LogP contribution in [0.15, 0.2) is 0 Å². The normalized spacial score (nSPS) is 9.07. The average Bonchev–Trinajstić information content (AvgIpc) is 2.46. The lowest BCUT2D eigenvalue weighted by atomic mass is 10.2. The third-order valence-corrected chi connectivity index (χ3v) is 2.42. The Kier molecular flexibility index (Phi) is 3.95. The first-order chi connectivity index (χ1) is 6.66. The van der Waals surface area contributed by atoms with Crippen LogP contribution in [0.1, 0.15) is 23.0 Å². The number of aromatic nitrogens is 2. The number of hydrogen-bond donors (Lipinski definition) is 2. The van der Waals surface area contributed by atoms with Crippen LogP contribution in [0.5, 0.6) is 0 Å². The Balaban J connectivity index is 2.72. The maximum Gasteiger partial charge on any atom is 0.256 e. The summed E-state index contributed by atoms with van der Waals surface area (Å²) in [5.41, 5.74) is 1.37. The highest BCUT2D eigenvalue weighted by molar-refractivity contribution is 14.1. The Hall–Kier alpha value is -1.03. The standard InChI is InChI=1S/C9H10IN3O/c1-3-4-5-11-9(14)7-6(2)12-13-8(7)10/h5H2,1-2H3,(H,11,14)(H,12,13). The summed E-state index contributed by atoms with van der Waals surface area (Å²) in [6.45, 7) is 3.92. The van der Waals surface area contributed by atoms with Gasteiger partial charge in [0.2, 0.25) is 0 Å². The highest BCUT2D eigenvalue weighted by Gasteiger charge is 2.14. The molecule has 0 spiro atoms. The summed E-state index contributed by atoms with van der Waals surface area (Å²) in [7, 11) is 0. The molecule has 1 amide bonds. The van der Waals surface area contributed by atoms with E-state index in [1.165, 1.54) is 0 Å². The van der Waals surface area contributed by atoms with Gasteiger partial charge < -0.3 is 5.32 Å². The maximum atomic E-state index is 11.6. The van der Waals surface area contributed by atoms with Crippen LogP contribution in [0.25, 0.3) is 0 Å². The number of nitrogens with zero attached hydrogens (tertiary/aromatic N) is 1. The van der Waals surface area contributed by atoms with Crippen molar-refractivity contribution in [3.05, 3.63) is 15.0 Å². The lowest BCUT2D eigenvalue weighted by molar-refractivity contribution is 0.0957. The summed E-state index contributed by atoms with van der Waals surface area (Å²) in [4.78, 5) is 11.6. The molecule has 0 radical (unpaired) electrons. The second-order valence-electron chi connectivity index (χ2n) is 2.62. The van der Waals surface area contributed by atoms with Gasteiger partial charge in [-0.2, -0.15) is 5.10 Å². The molecule has 0 saturated carbocycles. The molecule has 1 rings (SSSR count). The van der Waals surface area contributed by atoms with Crippen LogP contribution in [-0.4, -0.2) is 22.6 Å². The first-order valence-electron chi connectivity index (χ1n) is 4.05. The highest BCUT2D eigenvalue weighted by Crippen LogP contribution is 2.11.